The molecule has 0 aromatic heterocycles. The second-order valence-electron chi connectivity index (χ2n) is 6.70. The second-order valence-corrected chi connectivity index (χ2v) is 6.70. The third kappa shape index (κ3) is 3.10. The minimum atomic E-state index is -0.787. The lowest BCUT2D eigenvalue weighted by Gasteiger charge is -2.36. The molecule has 1 aliphatic carbocycles. The first-order valence-corrected chi connectivity index (χ1v) is 8.34. The van der Waals surface area contributed by atoms with E-state index in [-0.39, 0.29) is 30.3 Å². The SMILES string of the molecule is CCC[C@@H](C)NC(=O)CN1C(=O)N[C@]2(CCCC[C@@H]2C)C1=O. The molecule has 1 aliphatic heterocycles. The highest BCUT2D eigenvalue weighted by molar-refractivity contribution is 6.09. The van der Waals surface area contributed by atoms with Gasteiger partial charge >= 0.3 is 6.03 Å². The molecule has 2 fully saturated rings. The van der Waals surface area contributed by atoms with Crippen molar-refractivity contribution < 1.29 is 14.4 Å². The number of hydrogen-bond acceptors (Lipinski definition) is 3. The molecule has 124 valence electrons. The highest BCUT2D eigenvalue weighted by Gasteiger charge is 2.55. The summed E-state index contributed by atoms with van der Waals surface area (Å²) < 4.78 is 0. The van der Waals surface area contributed by atoms with Crippen molar-refractivity contribution in [2.45, 2.75) is 70.9 Å². The van der Waals surface area contributed by atoms with Crippen molar-refractivity contribution >= 4 is 17.8 Å². The number of urea groups is 1. The van der Waals surface area contributed by atoms with Gasteiger partial charge in [-0.05, 0) is 32.1 Å². The van der Waals surface area contributed by atoms with Gasteiger partial charge in [-0.15, -0.1) is 0 Å². The van der Waals surface area contributed by atoms with Gasteiger partial charge in [0.2, 0.25) is 5.91 Å². The maximum atomic E-state index is 12.7. The molecule has 6 nitrogen and oxygen atoms in total. The van der Waals surface area contributed by atoms with Gasteiger partial charge in [-0.3, -0.25) is 14.5 Å². The minimum absolute atomic E-state index is 0.0563. The molecule has 6 heteroatoms. The Morgan fingerprint density at radius 1 is 1.45 bits per heavy atom. The van der Waals surface area contributed by atoms with Crippen molar-refractivity contribution in [3.63, 3.8) is 0 Å². The smallest absolute Gasteiger partial charge is 0.325 e. The molecule has 1 saturated heterocycles. The summed E-state index contributed by atoms with van der Waals surface area (Å²) >= 11 is 0. The average molecular weight is 309 g/mol. The van der Waals surface area contributed by atoms with Crippen LogP contribution in [0.1, 0.15) is 59.3 Å². The predicted molar refractivity (Wildman–Crippen MR) is 83.1 cm³/mol. The van der Waals surface area contributed by atoms with Crippen molar-refractivity contribution in [1.29, 1.82) is 0 Å². The van der Waals surface area contributed by atoms with Crippen molar-refractivity contribution in [2.24, 2.45) is 5.92 Å². The van der Waals surface area contributed by atoms with Gasteiger partial charge in [-0.25, -0.2) is 4.79 Å². The molecule has 0 bridgehead atoms. The van der Waals surface area contributed by atoms with Crippen LogP contribution in [-0.4, -0.2) is 40.9 Å². The Labute approximate surface area is 132 Å². The quantitative estimate of drug-likeness (QED) is 0.760. The van der Waals surface area contributed by atoms with Crippen LogP contribution < -0.4 is 10.6 Å². The minimum Gasteiger partial charge on any atom is -0.352 e. The fraction of sp³-hybridized carbons (Fsp3) is 0.812. The summed E-state index contributed by atoms with van der Waals surface area (Å²) in [5.74, 6) is -0.391. The molecule has 22 heavy (non-hydrogen) atoms. The number of nitrogens with one attached hydrogen (secondary N) is 2. The summed E-state index contributed by atoms with van der Waals surface area (Å²) in [6.07, 6.45) is 5.48. The fourth-order valence-electron chi connectivity index (χ4n) is 3.61. The van der Waals surface area contributed by atoms with E-state index < -0.39 is 11.6 Å². The highest BCUT2D eigenvalue weighted by Crippen LogP contribution is 2.38. The maximum Gasteiger partial charge on any atom is 0.325 e. The van der Waals surface area contributed by atoms with E-state index in [0.717, 1.165) is 37.0 Å². The lowest BCUT2D eigenvalue weighted by molar-refractivity contribution is -0.137. The lowest BCUT2D eigenvalue weighted by Crippen LogP contribution is -2.54. The number of carbonyl (C=O) groups excluding carboxylic acids is 3. The molecular weight excluding hydrogens is 282 g/mol. The monoisotopic (exact) mass is 309 g/mol. The van der Waals surface area contributed by atoms with E-state index in [4.69, 9.17) is 0 Å². The summed E-state index contributed by atoms with van der Waals surface area (Å²) in [7, 11) is 0. The van der Waals surface area contributed by atoms with Crippen molar-refractivity contribution in [3.05, 3.63) is 0 Å². The Morgan fingerprint density at radius 2 is 2.18 bits per heavy atom. The Bertz CT molecular complexity index is 466. The van der Waals surface area contributed by atoms with Gasteiger partial charge in [0.1, 0.15) is 12.1 Å². The Kier molecular flexibility index (Phi) is 5.08. The molecule has 1 heterocycles. The normalized spacial score (nSPS) is 29.6. The summed E-state index contributed by atoms with van der Waals surface area (Å²) in [4.78, 5) is 38.0. The summed E-state index contributed by atoms with van der Waals surface area (Å²) in [5, 5.41) is 5.70. The molecule has 0 aromatic carbocycles. The Morgan fingerprint density at radius 3 is 2.82 bits per heavy atom. The number of nitrogens with zero attached hydrogens (tertiary/aromatic N) is 1. The predicted octanol–water partition coefficient (Wildman–Crippen LogP) is 1.79. The van der Waals surface area contributed by atoms with Crippen molar-refractivity contribution in [2.75, 3.05) is 6.54 Å². The number of carbonyl (C=O) groups is 3. The number of imide groups is 1. The Hall–Kier alpha value is -1.59. The summed E-state index contributed by atoms with van der Waals surface area (Å²) in [6.45, 7) is 5.80. The molecule has 0 radical (unpaired) electrons. The van der Waals surface area contributed by atoms with E-state index in [9.17, 15) is 14.4 Å². The first-order chi connectivity index (χ1) is 10.4. The van der Waals surface area contributed by atoms with Gasteiger partial charge < -0.3 is 10.6 Å². The van der Waals surface area contributed by atoms with E-state index in [1.165, 1.54) is 0 Å². The molecule has 4 amide bonds. The van der Waals surface area contributed by atoms with E-state index in [1.807, 2.05) is 20.8 Å². The van der Waals surface area contributed by atoms with Crippen LogP contribution in [0.3, 0.4) is 0 Å². The van der Waals surface area contributed by atoms with Gasteiger partial charge in [0.05, 0.1) is 0 Å². The third-order valence-electron chi connectivity index (χ3n) is 4.93. The van der Waals surface area contributed by atoms with Crippen LogP contribution >= 0.6 is 0 Å². The van der Waals surface area contributed by atoms with E-state index in [1.54, 1.807) is 0 Å². The van der Waals surface area contributed by atoms with Crippen LogP contribution in [0.25, 0.3) is 0 Å². The average Bonchev–Trinajstić information content (AvgIpc) is 2.68. The molecule has 1 saturated carbocycles. The fourth-order valence-corrected chi connectivity index (χ4v) is 3.61. The van der Waals surface area contributed by atoms with E-state index in [0.29, 0.717) is 6.42 Å². The molecular formula is C16H27N3O3. The van der Waals surface area contributed by atoms with Crippen LogP contribution in [0.2, 0.25) is 0 Å². The third-order valence-corrected chi connectivity index (χ3v) is 4.93. The maximum absolute atomic E-state index is 12.7. The number of amides is 4. The van der Waals surface area contributed by atoms with Gasteiger partial charge in [0.15, 0.2) is 0 Å². The Balaban J connectivity index is 2.02. The second kappa shape index (κ2) is 6.67. The molecule has 0 aromatic rings. The van der Waals surface area contributed by atoms with Crippen LogP contribution in [-0.2, 0) is 9.59 Å². The topological polar surface area (TPSA) is 78.5 Å². The summed E-state index contributed by atoms with van der Waals surface area (Å²) in [6, 6.07) is -0.377. The molecule has 1 spiro atoms. The van der Waals surface area contributed by atoms with Crippen LogP contribution in [0.15, 0.2) is 0 Å². The van der Waals surface area contributed by atoms with Crippen molar-refractivity contribution in [1.82, 2.24) is 15.5 Å². The zero-order valence-corrected chi connectivity index (χ0v) is 13.8. The van der Waals surface area contributed by atoms with Crippen molar-refractivity contribution in [3.8, 4) is 0 Å². The highest BCUT2D eigenvalue weighted by atomic mass is 16.2. The molecule has 2 aliphatic rings. The van der Waals surface area contributed by atoms with Gasteiger partial charge in [0, 0.05) is 6.04 Å². The van der Waals surface area contributed by atoms with E-state index >= 15 is 0 Å². The standard InChI is InChI=1S/C16H27N3O3/c1-4-7-12(3)17-13(20)10-19-14(21)16(18-15(19)22)9-6-5-8-11(16)2/h11-12H,4-10H2,1-3H3,(H,17,20)(H,18,22)/t11-,12+,16-/m0/s1. The van der Waals surface area contributed by atoms with Gasteiger partial charge in [-0.1, -0.05) is 33.1 Å². The molecule has 2 N–H and O–H groups in total. The largest absolute Gasteiger partial charge is 0.352 e. The van der Waals surface area contributed by atoms with Crippen LogP contribution in [0.5, 0.6) is 0 Å². The van der Waals surface area contributed by atoms with Crippen LogP contribution in [0.4, 0.5) is 4.79 Å². The van der Waals surface area contributed by atoms with E-state index in [2.05, 4.69) is 10.6 Å². The first-order valence-electron chi connectivity index (χ1n) is 8.34. The molecule has 3 atom stereocenters. The molecule has 0 unspecified atom stereocenters. The van der Waals surface area contributed by atoms with Gasteiger partial charge in [-0.2, -0.15) is 0 Å². The first kappa shape index (κ1) is 16.8. The zero-order valence-electron chi connectivity index (χ0n) is 13.8. The zero-order chi connectivity index (χ0) is 16.3. The summed E-state index contributed by atoms with van der Waals surface area (Å²) in [5.41, 5.74) is -0.787. The lowest BCUT2D eigenvalue weighted by atomic mass is 9.73. The van der Waals surface area contributed by atoms with Crippen LogP contribution in [0, 0.1) is 5.92 Å². The molecule has 2 rings (SSSR count). The number of hydrogen-bond donors (Lipinski definition) is 2. The number of rotatable bonds is 5. The van der Waals surface area contributed by atoms with Gasteiger partial charge in [0.25, 0.3) is 5.91 Å².